The van der Waals surface area contributed by atoms with Gasteiger partial charge in [0.15, 0.2) is 0 Å². The van der Waals surface area contributed by atoms with E-state index in [1.54, 1.807) is 0 Å². The molecule has 0 aliphatic carbocycles. The fourth-order valence-corrected chi connectivity index (χ4v) is 2.84. The molecule has 122 valence electrons. The number of hydrogen-bond acceptors (Lipinski definition) is 4. The van der Waals surface area contributed by atoms with Crippen LogP contribution in [0.5, 0.6) is 0 Å². The van der Waals surface area contributed by atoms with Crippen molar-refractivity contribution in [3.8, 4) is 0 Å². The van der Waals surface area contributed by atoms with Crippen LogP contribution >= 0.6 is 12.4 Å². The van der Waals surface area contributed by atoms with Crippen molar-refractivity contribution in [3.63, 3.8) is 0 Å². The summed E-state index contributed by atoms with van der Waals surface area (Å²) in [5.41, 5.74) is 1.26. The number of amides is 1. The van der Waals surface area contributed by atoms with Crippen LogP contribution in [0.3, 0.4) is 0 Å². The molecular formula is C16H24ClN3O2. The predicted molar refractivity (Wildman–Crippen MR) is 88.2 cm³/mol. The Kier molecular flexibility index (Phi) is 6.64. The minimum Gasteiger partial charge on any atom is -0.379 e. The molecule has 3 rings (SSSR count). The first-order valence-electron chi connectivity index (χ1n) is 7.70. The summed E-state index contributed by atoms with van der Waals surface area (Å²) in [6, 6.07) is 10.6. The van der Waals surface area contributed by atoms with E-state index in [9.17, 15) is 4.79 Å². The molecule has 2 aliphatic rings. The van der Waals surface area contributed by atoms with Gasteiger partial charge in [-0.3, -0.25) is 9.69 Å². The highest BCUT2D eigenvalue weighted by Gasteiger charge is 2.27. The summed E-state index contributed by atoms with van der Waals surface area (Å²) in [5.74, 6) is 0.314. The standard InChI is InChI=1S/C16H23N3O2.ClH/c20-16(14-10-17-11-14)18-12-15(13-4-2-1-3-5-13)19-6-8-21-9-7-19;/h1-5,14-15,17H,6-12H2,(H,18,20);1H. The van der Waals surface area contributed by atoms with E-state index < -0.39 is 0 Å². The highest BCUT2D eigenvalue weighted by Crippen LogP contribution is 2.21. The zero-order valence-corrected chi connectivity index (χ0v) is 13.5. The SMILES string of the molecule is Cl.O=C(NCC(c1ccccc1)N1CCOCC1)C1CNC1. The number of benzene rings is 1. The van der Waals surface area contributed by atoms with Gasteiger partial charge in [-0.25, -0.2) is 0 Å². The fourth-order valence-electron chi connectivity index (χ4n) is 2.84. The minimum atomic E-state index is 0. The average Bonchev–Trinajstić information content (AvgIpc) is 2.48. The van der Waals surface area contributed by atoms with Crippen molar-refractivity contribution in [2.75, 3.05) is 45.9 Å². The Bertz CT molecular complexity index is 462. The smallest absolute Gasteiger partial charge is 0.225 e. The molecule has 0 aromatic heterocycles. The van der Waals surface area contributed by atoms with E-state index >= 15 is 0 Å². The van der Waals surface area contributed by atoms with Crippen molar-refractivity contribution in [1.29, 1.82) is 0 Å². The van der Waals surface area contributed by atoms with Crippen LogP contribution in [0, 0.1) is 5.92 Å². The number of nitrogens with one attached hydrogen (secondary N) is 2. The van der Waals surface area contributed by atoms with Crippen molar-refractivity contribution < 1.29 is 9.53 Å². The monoisotopic (exact) mass is 325 g/mol. The molecule has 1 unspecified atom stereocenters. The Morgan fingerprint density at radius 1 is 1.27 bits per heavy atom. The Morgan fingerprint density at radius 3 is 2.55 bits per heavy atom. The van der Waals surface area contributed by atoms with Gasteiger partial charge >= 0.3 is 0 Å². The molecule has 1 aromatic rings. The summed E-state index contributed by atoms with van der Waals surface area (Å²) >= 11 is 0. The van der Waals surface area contributed by atoms with E-state index in [4.69, 9.17) is 4.74 Å². The number of carbonyl (C=O) groups is 1. The van der Waals surface area contributed by atoms with Crippen molar-refractivity contribution in [3.05, 3.63) is 35.9 Å². The Balaban J connectivity index is 0.00000176. The van der Waals surface area contributed by atoms with Crippen LogP contribution in [0.25, 0.3) is 0 Å². The van der Waals surface area contributed by atoms with Crippen molar-refractivity contribution in [2.45, 2.75) is 6.04 Å². The molecule has 1 atom stereocenters. The molecule has 2 N–H and O–H groups in total. The molecule has 2 saturated heterocycles. The summed E-state index contributed by atoms with van der Waals surface area (Å²) in [6.07, 6.45) is 0. The Hall–Kier alpha value is -1.14. The van der Waals surface area contributed by atoms with Gasteiger partial charge in [-0.1, -0.05) is 30.3 Å². The molecular weight excluding hydrogens is 302 g/mol. The molecule has 1 amide bonds. The van der Waals surface area contributed by atoms with Crippen molar-refractivity contribution in [1.82, 2.24) is 15.5 Å². The van der Waals surface area contributed by atoms with Gasteiger partial charge in [0.1, 0.15) is 0 Å². The van der Waals surface area contributed by atoms with E-state index in [0.717, 1.165) is 39.4 Å². The number of carbonyl (C=O) groups excluding carboxylic acids is 1. The first-order chi connectivity index (χ1) is 10.3. The number of nitrogens with zero attached hydrogens (tertiary/aromatic N) is 1. The molecule has 0 spiro atoms. The lowest BCUT2D eigenvalue weighted by Crippen LogP contribution is -2.52. The number of rotatable bonds is 5. The van der Waals surface area contributed by atoms with Gasteiger partial charge in [-0.05, 0) is 5.56 Å². The second-order valence-corrected chi connectivity index (χ2v) is 5.68. The maximum Gasteiger partial charge on any atom is 0.225 e. The van der Waals surface area contributed by atoms with E-state index in [-0.39, 0.29) is 30.3 Å². The first-order valence-corrected chi connectivity index (χ1v) is 7.70. The van der Waals surface area contributed by atoms with Crippen LogP contribution in [0.4, 0.5) is 0 Å². The van der Waals surface area contributed by atoms with Crippen LogP contribution in [0.2, 0.25) is 0 Å². The number of halogens is 1. The third kappa shape index (κ3) is 4.20. The average molecular weight is 326 g/mol. The summed E-state index contributed by atoms with van der Waals surface area (Å²) in [6.45, 7) is 5.65. The van der Waals surface area contributed by atoms with Gasteiger partial charge in [0, 0.05) is 32.7 Å². The lowest BCUT2D eigenvalue weighted by Gasteiger charge is -2.35. The van der Waals surface area contributed by atoms with Crippen LogP contribution < -0.4 is 10.6 Å². The van der Waals surface area contributed by atoms with Crippen LogP contribution in [-0.2, 0) is 9.53 Å². The number of ether oxygens (including phenoxy) is 1. The fraction of sp³-hybridized carbons (Fsp3) is 0.562. The lowest BCUT2D eigenvalue weighted by atomic mass is 10.0. The molecule has 6 heteroatoms. The van der Waals surface area contributed by atoms with Crippen LogP contribution in [0.1, 0.15) is 11.6 Å². The predicted octanol–water partition coefficient (Wildman–Crippen LogP) is 0.817. The molecule has 2 fully saturated rings. The van der Waals surface area contributed by atoms with Crippen LogP contribution in [-0.4, -0.2) is 56.7 Å². The highest BCUT2D eigenvalue weighted by molar-refractivity contribution is 5.85. The molecule has 0 radical (unpaired) electrons. The Labute approximate surface area is 137 Å². The second-order valence-electron chi connectivity index (χ2n) is 5.68. The maximum absolute atomic E-state index is 12.0. The van der Waals surface area contributed by atoms with Gasteiger partial charge in [0.25, 0.3) is 0 Å². The summed E-state index contributed by atoms with van der Waals surface area (Å²) in [7, 11) is 0. The van der Waals surface area contributed by atoms with Crippen LogP contribution in [0.15, 0.2) is 30.3 Å². The molecule has 22 heavy (non-hydrogen) atoms. The van der Waals surface area contributed by atoms with Crippen molar-refractivity contribution >= 4 is 18.3 Å². The number of hydrogen-bond donors (Lipinski definition) is 2. The molecule has 0 bridgehead atoms. The zero-order chi connectivity index (χ0) is 14.5. The van der Waals surface area contributed by atoms with E-state index in [1.807, 2.05) is 6.07 Å². The Morgan fingerprint density at radius 2 is 1.95 bits per heavy atom. The van der Waals surface area contributed by atoms with Crippen molar-refractivity contribution in [2.24, 2.45) is 5.92 Å². The maximum atomic E-state index is 12.0. The zero-order valence-electron chi connectivity index (χ0n) is 12.7. The third-order valence-electron chi connectivity index (χ3n) is 4.29. The summed E-state index contributed by atoms with van der Waals surface area (Å²) in [4.78, 5) is 14.5. The molecule has 5 nitrogen and oxygen atoms in total. The largest absolute Gasteiger partial charge is 0.379 e. The lowest BCUT2D eigenvalue weighted by molar-refractivity contribution is -0.126. The van der Waals surface area contributed by atoms with Gasteiger partial charge in [-0.15, -0.1) is 12.4 Å². The quantitative estimate of drug-likeness (QED) is 0.841. The first kappa shape index (κ1) is 17.2. The molecule has 2 heterocycles. The van der Waals surface area contributed by atoms with E-state index in [2.05, 4.69) is 39.8 Å². The second kappa shape index (κ2) is 8.48. The summed E-state index contributed by atoms with van der Waals surface area (Å²) < 4.78 is 5.44. The third-order valence-corrected chi connectivity index (χ3v) is 4.29. The molecule has 1 aromatic carbocycles. The minimum absolute atomic E-state index is 0. The highest BCUT2D eigenvalue weighted by atomic mass is 35.5. The van der Waals surface area contributed by atoms with E-state index in [1.165, 1.54) is 5.56 Å². The summed E-state index contributed by atoms with van der Waals surface area (Å²) in [5, 5.41) is 6.26. The topological polar surface area (TPSA) is 53.6 Å². The van der Waals surface area contributed by atoms with Gasteiger partial charge in [0.05, 0.1) is 25.2 Å². The number of morpholine rings is 1. The molecule has 0 saturated carbocycles. The van der Waals surface area contributed by atoms with Gasteiger partial charge < -0.3 is 15.4 Å². The molecule has 2 aliphatic heterocycles. The van der Waals surface area contributed by atoms with Gasteiger partial charge in [-0.2, -0.15) is 0 Å². The van der Waals surface area contributed by atoms with E-state index in [0.29, 0.717) is 6.54 Å². The normalized spacial score (nSPS) is 20.5. The van der Waals surface area contributed by atoms with Gasteiger partial charge in [0.2, 0.25) is 5.91 Å².